The van der Waals surface area contributed by atoms with E-state index < -0.39 is 6.10 Å². The van der Waals surface area contributed by atoms with Crippen molar-refractivity contribution in [2.45, 2.75) is 32.3 Å². The van der Waals surface area contributed by atoms with Crippen molar-refractivity contribution in [3.63, 3.8) is 0 Å². The first-order valence-corrected chi connectivity index (χ1v) is 11.0. The van der Waals surface area contributed by atoms with Gasteiger partial charge in [-0.3, -0.25) is 0 Å². The normalized spacial score (nSPS) is 11.8. The predicted molar refractivity (Wildman–Crippen MR) is 127 cm³/mol. The van der Waals surface area contributed by atoms with Crippen LogP contribution in [0.2, 0.25) is 0 Å². The Morgan fingerprint density at radius 3 is 1.62 bits per heavy atom. The lowest BCUT2D eigenvalue weighted by Gasteiger charge is -2.12. The number of hydrogen-bond acceptors (Lipinski definition) is 5. The molecule has 0 radical (unpaired) electrons. The third-order valence-corrected chi connectivity index (χ3v) is 5.15. The Morgan fingerprint density at radius 1 is 0.688 bits per heavy atom. The van der Waals surface area contributed by atoms with E-state index in [0.29, 0.717) is 29.8 Å². The second-order valence-corrected chi connectivity index (χ2v) is 7.67. The quantitative estimate of drug-likeness (QED) is 0.367. The van der Waals surface area contributed by atoms with Crippen LogP contribution in [0.15, 0.2) is 84.9 Å². The maximum Gasteiger partial charge on any atom is 0.164 e. The van der Waals surface area contributed by atoms with Gasteiger partial charge in [-0.15, -0.1) is 0 Å². The predicted octanol–water partition coefficient (Wildman–Crippen LogP) is 5.80. The van der Waals surface area contributed by atoms with Crippen LogP contribution in [0.3, 0.4) is 0 Å². The highest BCUT2D eigenvalue weighted by molar-refractivity contribution is 5.66. The topological polar surface area (TPSA) is 68.1 Å². The minimum Gasteiger partial charge on any atom is -0.491 e. The number of benzene rings is 3. The average molecular weight is 426 g/mol. The molecule has 1 heterocycles. The van der Waals surface area contributed by atoms with Gasteiger partial charge in [-0.1, -0.05) is 80.4 Å². The molecule has 4 rings (SSSR count). The van der Waals surface area contributed by atoms with Crippen LogP contribution in [0, 0.1) is 0 Å². The standard InChI is InChI=1S/C27H27N3O2/c1-2-3-14-23(31)19-32-24-17-15-22(16-18-24)27-29-25(20-10-6-4-7-11-20)28-26(30-27)21-12-8-5-9-13-21/h4-13,15-18,23,31H,2-3,14,19H2,1H3. The summed E-state index contributed by atoms with van der Waals surface area (Å²) in [6.07, 6.45) is 2.37. The van der Waals surface area contributed by atoms with Gasteiger partial charge in [0, 0.05) is 16.7 Å². The molecule has 162 valence electrons. The molecular weight excluding hydrogens is 398 g/mol. The van der Waals surface area contributed by atoms with Gasteiger partial charge < -0.3 is 9.84 Å². The molecule has 0 aliphatic carbocycles. The van der Waals surface area contributed by atoms with E-state index in [1.54, 1.807) is 0 Å². The minimum atomic E-state index is -0.444. The zero-order valence-electron chi connectivity index (χ0n) is 18.2. The van der Waals surface area contributed by atoms with Crippen molar-refractivity contribution in [3.05, 3.63) is 84.9 Å². The molecule has 0 bridgehead atoms. The number of nitrogens with zero attached hydrogens (tertiary/aromatic N) is 3. The number of hydrogen-bond donors (Lipinski definition) is 1. The fraction of sp³-hybridized carbons (Fsp3) is 0.222. The summed E-state index contributed by atoms with van der Waals surface area (Å²) in [4.78, 5) is 14.2. The molecule has 0 aliphatic rings. The van der Waals surface area contributed by atoms with E-state index in [4.69, 9.17) is 19.7 Å². The number of unbranched alkanes of at least 4 members (excludes halogenated alkanes) is 1. The van der Waals surface area contributed by atoms with Crippen molar-refractivity contribution in [3.8, 4) is 39.9 Å². The van der Waals surface area contributed by atoms with E-state index in [2.05, 4.69) is 6.92 Å². The van der Waals surface area contributed by atoms with Gasteiger partial charge in [0.05, 0.1) is 6.10 Å². The molecule has 5 heteroatoms. The monoisotopic (exact) mass is 425 g/mol. The van der Waals surface area contributed by atoms with Crippen molar-refractivity contribution in [2.24, 2.45) is 0 Å². The Hall–Kier alpha value is -3.57. The third-order valence-electron chi connectivity index (χ3n) is 5.15. The molecule has 0 spiro atoms. The van der Waals surface area contributed by atoms with Crippen LogP contribution in [0.5, 0.6) is 5.75 Å². The Morgan fingerprint density at radius 2 is 1.16 bits per heavy atom. The van der Waals surface area contributed by atoms with Crippen LogP contribution in [0.25, 0.3) is 34.2 Å². The van der Waals surface area contributed by atoms with E-state index in [1.165, 1.54) is 0 Å². The van der Waals surface area contributed by atoms with Gasteiger partial charge in [-0.2, -0.15) is 0 Å². The van der Waals surface area contributed by atoms with Crippen molar-refractivity contribution in [1.29, 1.82) is 0 Å². The molecule has 0 aliphatic heterocycles. The van der Waals surface area contributed by atoms with Crippen LogP contribution in [0.1, 0.15) is 26.2 Å². The van der Waals surface area contributed by atoms with Gasteiger partial charge in [0.25, 0.3) is 0 Å². The molecule has 3 aromatic carbocycles. The summed E-state index contributed by atoms with van der Waals surface area (Å²) in [5, 5.41) is 10.00. The van der Waals surface area contributed by atoms with E-state index in [0.717, 1.165) is 36.0 Å². The van der Waals surface area contributed by atoms with Crippen LogP contribution in [-0.4, -0.2) is 32.8 Å². The smallest absolute Gasteiger partial charge is 0.164 e. The molecule has 5 nitrogen and oxygen atoms in total. The summed E-state index contributed by atoms with van der Waals surface area (Å²) >= 11 is 0. The molecule has 1 N–H and O–H groups in total. The fourth-order valence-corrected chi connectivity index (χ4v) is 3.35. The highest BCUT2D eigenvalue weighted by Crippen LogP contribution is 2.25. The summed E-state index contributed by atoms with van der Waals surface area (Å²) in [5.41, 5.74) is 2.75. The first-order valence-electron chi connectivity index (χ1n) is 11.0. The van der Waals surface area contributed by atoms with Crippen LogP contribution in [-0.2, 0) is 0 Å². The summed E-state index contributed by atoms with van der Waals surface area (Å²) in [6, 6.07) is 27.5. The third kappa shape index (κ3) is 5.56. The Balaban J connectivity index is 1.61. The Kier molecular flexibility index (Phi) is 7.20. The van der Waals surface area contributed by atoms with Crippen LogP contribution in [0.4, 0.5) is 0 Å². The molecule has 0 saturated heterocycles. The van der Waals surface area contributed by atoms with Gasteiger partial charge in [-0.05, 0) is 30.7 Å². The first kappa shape index (κ1) is 21.7. The molecular formula is C27H27N3O2. The zero-order valence-corrected chi connectivity index (χ0v) is 18.2. The lowest BCUT2D eigenvalue weighted by Crippen LogP contribution is -2.17. The second kappa shape index (κ2) is 10.6. The molecule has 0 amide bonds. The van der Waals surface area contributed by atoms with Gasteiger partial charge in [0.1, 0.15) is 12.4 Å². The van der Waals surface area contributed by atoms with Crippen LogP contribution < -0.4 is 4.74 Å². The molecule has 4 aromatic rings. The second-order valence-electron chi connectivity index (χ2n) is 7.67. The number of aliphatic hydroxyl groups is 1. The van der Waals surface area contributed by atoms with E-state index in [1.807, 2.05) is 84.9 Å². The average Bonchev–Trinajstić information content (AvgIpc) is 2.87. The molecule has 1 atom stereocenters. The summed E-state index contributed by atoms with van der Waals surface area (Å²) in [6.45, 7) is 2.40. The maximum absolute atomic E-state index is 10.00. The number of rotatable bonds is 9. The van der Waals surface area contributed by atoms with Gasteiger partial charge >= 0.3 is 0 Å². The largest absolute Gasteiger partial charge is 0.491 e. The maximum atomic E-state index is 10.00. The van der Waals surface area contributed by atoms with Gasteiger partial charge in [-0.25, -0.2) is 15.0 Å². The highest BCUT2D eigenvalue weighted by atomic mass is 16.5. The number of aromatic nitrogens is 3. The Bertz CT molecular complexity index is 1060. The van der Waals surface area contributed by atoms with Crippen LogP contribution >= 0.6 is 0 Å². The molecule has 1 aromatic heterocycles. The van der Waals surface area contributed by atoms with Gasteiger partial charge in [0.2, 0.25) is 0 Å². The first-order chi connectivity index (χ1) is 15.7. The summed E-state index contributed by atoms with van der Waals surface area (Å²) in [5.74, 6) is 2.58. The molecule has 0 saturated carbocycles. The van der Waals surface area contributed by atoms with Crippen molar-refractivity contribution < 1.29 is 9.84 Å². The van der Waals surface area contributed by atoms with Crippen molar-refractivity contribution >= 4 is 0 Å². The van der Waals surface area contributed by atoms with E-state index >= 15 is 0 Å². The highest BCUT2D eigenvalue weighted by Gasteiger charge is 2.12. The van der Waals surface area contributed by atoms with E-state index in [9.17, 15) is 5.11 Å². The van der Waals surface area contributed by atoms with E-state index in [-0.39, 0.29) is 0 Å². The number of ether oxygens (including phenoxy) is 1. The van der Waals surface area contributed by atoms with Crippen molar-refractivity contribution in [1.82, 2.24) is 15.0 Å². The minimum absolute atomic E-state index is 0.293. The lowest BCUT2D eigenvalue weighted by molar-refractivity contribution is 0.0980. The van der Waals surface area contributed by atoms with Gasteiger partial charge in [0.15, 0.2) is 17.5 Å². The molecule has 32 heavy (non-hydrogen) atoms. The summed E-state index contributed by atoms with van der Waals surface area (Å²) < 4.78 is 5.74. The molecule has 1 unspecified atom stereocenters. The lowest BCUT2D eigenvalue weighted by atomic mass is 10.1. The zero-order chi connectivity index (χ0) is 22.2. The SMILES string of the molecule is CCCCC(O)COc1ccc(-c2nc(-c3ccccc3)nc(-c3ccccc3)n2)cc1. The Labute approximate surface area is 188 Å². The fourth-order valence-electron chi connectivity index (χ4n) is 3.35. The summed E-state index contributed by atoms with van der Waals surface area (Å²) in [7, 11) is 0. The number of aliphatic hydroxyl groups excluding tert-OH is 1. The molecule has 0 fully saturated rings. The van der Waals surface area contributed by atoms with Crippen molar-refractivity contribution in [2.75, 3.05) is 6.61 Å².